The van der Waals surface area contributed by atoms with Gasteiger partial charge in [0.1, 0.15) is 0 Å². The molecule has 2 aliphatic rings. The third-order valence-electron chi connectivity index (χ3n) is 5.91. The lowest BCUT2D eigenvalue weighted by molar-refractivity contribution is -0.136. The minimum absolute atomic E-state index is 0.00793. The molecule has 2 atom stereocenters. The average molecular weight is 455 g/mol. The van der Waals surface area contributed by atoms with E-state index in [9.17, 15) is 27.6 Å². The number of nitrogens with one attached hydrogen (secondary N) is 2. The number of rotatable bonds is 6. The van der Waals surface area contributed by atoms with Crippen LogP contribution in [-0.4, -0.2) is 31.8 Å². The number of hydrogen-bond acceptors (Lipinski definition) is 6. The molecule has 2 unspecified atom stereocenters. The van der Waals surface area contributed by atoms with E-state index in [0.717, 1.165) is 0 Å². The predicted octanol–water partition coefficient (Wildman–Crippen LogP) is 2.71. The van der Waals surface area contributed by atoms with Gasteiger partial charge in [-0.1, -0.05) is 18.2 Å². The first-order chi connectivity index (χ1) is 15.2. The van der Waals surface area contributed by atoms with Gasteiger partial charge in [0.15, 0.2) is 11.6 Å². The summed E-state index contributed by atoms with van der Waals surface area (Å²) in [5, 5.41) is 2.30. The summed E-state index contributed by atoms with van der Waals surface area (Å²) in [7, 11) is -3.82. The van der Waals surface area contributed by atoms with E-state index >= 15 is 0 Å². The molecule has 1 fully saturated rings. The highest BCUT2D eigenvalue weighted by atomic mass is 32.2. The summed E-state index contributed by atoms with van der Waals surface area (Å²) >= 11 is 0. The number of sulfonamides is 1. The van der Waals surface area contributed by atoms with Crippen LogP contribution >= 0.6 is 0 Å². The smallest absolute Gasteiger partial charge is 0.261 e. The Bertz CT molecular complexity index is 1210. The van der Waals surface area contributed by atoms with Gasteiger partial charge in [-0.05, 0) is 49.6 Å². The number of imide groups is 1. The van der Waals surface area contributed by atoms with Crippen molar-refractivity contribution >= 4 is 39.1 Å². The quantitative estimate of drug-likeness (QED) is 0.646. The van der Waals surface area contributed by atoms with Gasteiger partial charge < -0.3 is 0 Å². The molecule has 1 aliphatic heterocycles. The molecule has 0 aromatic heterocycles. The fraction of sp³-hybridized carbons (Fsp3) is 0.304. The SMILES string of the molecule is O=C1CCC(CCC2CC(=O)c3cc(NS(=O)(=O)c4ccccc4)ccc3C2=O)C(=O)N1. The van der Waals surface area contributed by atoms with Gasteiger partial charge >= 0.3 is 0 Å². The Morgan fingerprint density at radius 1 is 0.906 bits per heavy atom. The molecule has 9 heteroatoms. The maximum atomic E-state index is 12.9. The normalized spacial score (nSPS) is 21.1. The maximum absolute atomic E-state index is 12.9. The molecule has 1 saturated heterocycles. The average Bonchev–Trinajstić information content (AvgIpc) is 2.76. The number of benzene rings is 2. The Morgan fingerprint density at radius 2 is 1.62 bits per heavy atom. The molecule has 1 heterocycles. The van der Waals surface area contributed by atoms with E-state index in [-0.39, 0.29) is 63.9 Å². The van der Waals surface area contributed by atoms with E-state index in [1.165, 1.54) is 30.3 Å². The molecule has 0 radical (unpaired) electrons. The summed E-state index contributed by atoms with van der Waals surface area (Å²) in [5.41, 5.74) is 0.661. The number of piperidine rings is 1. The zero-order valence-corrected chi connectivity index (χ0v) is 18.0. The maximum Gasteiger partial charge on any atom is 0.261 e. The fourth-order valence-electron chi connectivity index (χ4n) is 4.16. The summed E-state index contributed by atoms with van der Waals surface area (Å²) in [6.07, 6.45) is 1.53. The highest BCUT2D eigenvalue weighted by Gasteiger charge is 2.34. The van der Waals surface area contributed by atoms with Gasteiger partial charge in [-0.15, -0.1) is 0 Å². The van der Waals surface area contributed by atoms with Crippen molar-refractivity contribution in [2.24, 2.45) is 11.8 Å². The van der Waals surface area contributed by atoms with Crippen molar-refractivity contribution in [1.29, 1.82) is 0 Å². The lowest BCUT2D eigenvalue weighted by Crippen LogP contribution is -2.41. The van der Waals surface area contributed by atoms with Crippen LogP contribution in [0, 0.1) is 11.8 Å². The lowest BCUT2D eigenvalue weighted by Gasteiger charge is -2.26. The summed E-state index contributed by atoms with van der Waals surface area (Å²) in [6, 6.07) is 12.2. The van der Waals surface area contributed by atoms with E-state index in [1.54, 1.807) is 18.2 Å². The summed E-state index contributed by atoms with van der Waals surface area (Å²) in [5.74, 6) is -1.92. The third kappa shape index (κ3) is 4.47. The molecule has 1 aliphatic carbocycles. The van der Waals surface area contributed by atoms with Gasteiger partial charge in [-0.25, -0.2) is 8.42 Å². The Hall–Kier alpha value is -3.33. The highest BCUT2D eigenvalue weighted by molar-refractivity contribution is 7.92. The molecule has 2 N–H and O–H groups in total. The van der Waals surface area contributed by atoms with Crippen LogP contribution in [0.4, 0.5) is 5.69 Å². The van der Waals surface area contributed by atoms with Crippen molar-refractivity contribution in [2.45, 2.75) is 37.0 Å². The van der Waals surface area contributed by atoms with Gasteiger partial charge in [-0.3, -0.25) is 29.2 Å². The monoisotopic (exact) mass is 454 g/mol. The largest absolute Gasteiger partial charge is 0.296 e. The van der Waals surface area contributed by atoms with Crippen molar-refractivity contribution in [1.82, 2.24) is 5.32 Å². The van der Waals surface area contributed by atoms with Gasteiger partial charge in [0.25, 0.3) is 10.0 Å². The second-order valence-corrected chi connectivity index (χ2v) is 9.78. The van der Waals surface area contributed by atoms with Gasteiger partial charge in [0.05, 0.1) is 4.90 Å². The fourth-order valence-corrected chi connectivity index (χ4v) is 5.23. The van der Waals surface area contributed by atoms with Crippen LogP contribution in [0.1, 0.15) is 52.8 Å². The first-order valence-corrected chi connectivity index (χ1v) is 11.9. The predicted molar refractivity (Wildman–Crippen MR) is 116 cm³/mol. The zero-order chi connectivity index (χ0) is 22.9. The van der Waals surface area contributed by atoms with Crippen LogP contribution in [0.3, 0.4) is 0 Å². The molecular weight excluding hydrogens is 432 g/mol. The Kier molecular flexibility index (Phi) is 5.92. The van der Waals surface area contributed by atoms with Crippen LogP contribution in [0.15, 0.2) is 53.4 Å². The molecular formula is C23H22N2O6S. The van der Waals surface area contributed by atoms with Crippen molar-refractivity contribution in [3.05, 3.63) is 59.7 Å². The minimum Gasteiger partial charge on any atom is -0.296 e. The molecule has 8 nitrogen and oxygen atoms in total. The molecule has 0 bridgehead atoms. The number of hydrogen-bond donors (Lipinski definition) is 2. The Balaban J connectivity index is 1.47. The van der Waals surface area contributed by atoms with Gasteiger partial charge in [0.2, 0.25) is 11.8 Å². The van der Waals surface area contributed by atoms with Crippen molar-refractivity contribution in [3.63, 3.8) is 0 Å². The van der Waals surface area contributed by atoms with Gasteiger partial charge in [-0.2, -0.15) is 0 Å². The van der Waals surface area contributed by atoms with Crippen LogP contribution in [0.5, 0.6) is 0 Å². The van der Waals surface area contributed by atoms with E-state index in [1.807, 2.05) is 0 Å². The molecule has 0 spiro atoms. The van der Waals surface area contributed by atoms with E-state index < -0.39 is 15.9 Å². The number of anilines is 1. The Labute approximate surface area is 185 Å². The second kappa shape index (κ2) is 8.66. The van der Waals surface area contributed by atoms with Crippen molar-refractivity contribution in [3.8, 4) is 0 Å². The Morgan fingerprint density at radius 3 is 2.34 bits per heavy atom. The van der Waals surface area contributed by atoms with Crippen LogP contribution in [0.2, 0.25) is 0 Å². The van der Waals surface area contributed by atoms with Crippen LogP contribution in [-0.2, 0) is 19.6 Å². The van der Waals surface area contributed by atoms with Crippen molar-refractivity contribution < 1.29 is 27.6 Å². The van der Waals surface area contributed by atoms with Crippen LogP contribution in [0.25, 0.3) is 0 Å². The number of carbonyl (C=O) groups is 4. The first kappa shape index (κ1) is 21.9. The van der Waals surface area contributed by atoms with Crippen molar-refractivity contribution in [2.75, 3.05) is 4.72 Å². The molecule has 32 heavy (non-hydrogen) atoms. The van der Waals surface area contributed by atoms with Crippen LogP contribution < -0.4 is 10.0 Å². The first-order valence-electron chi connectivity index (χ1n) is 10.4. The topological polar surface area (TPSA) is 126 Å². The molecule has 0 saturated carbocycles. The summed E-state index contributed by atoms with van der Waals surface area (Å²) < 4.78 is 27.5. The number of fused-ring (bicyclic) bond motifs is 1. The number of ketones is 2. The number of Topliss-reactive ketones (excluding diaryl/α,β-unsaturated/α-hetero) is 2. The van der Waals surface area contributed by atoms with E-state index in [0.29, 0.717) is 19.3 Å². The zero-order valence-electron chi connectivity index (χ0n) is 17.2. The van der Waals surface area contributed by atoms with E-state index in [4.69, 9.17) is 0 Å². The molecule has 2 aromatic carbocycles. The standard InChI is InChI=1S/C23H22N2O6S/c26-20-12-15(7-6-14-8-11-21(27)24-23(14)29)22(28)18-10-9-16(13-19(18)20)25-32(30,31)17-4-2-1-3-5-17/h1-5,9-10,13-15,25H,6-8,11-12H2,(H,24,27,29). The van der Waals surface area contributed by atoms with Gasteiger partial charge in [0, 0.05) is 41.5 Å². The summed E-state index contributed by atoms with van der Waals surface area (Å²) in [6.45, 7) is 0. The number of carbonyl (C=O) groups excluding carboxylic acids is 4. The molecule has 4 rings (SSSR count). The third-order valence-corrected chi connectivity index (χ3v) is 7.31. The van der Waals surface area contributed by atoms with E-state index in [2.05, 4.69) is 10.0 Å². The number of amides is 2. The summed E-state index contributed by atoms with van der Waals surface area (Å²) in [4.78, 5) is 49.0. The highest BCUT2D eigenvalue weighted by Crippen LogP contribution is 2.32. The second-order valence-electron chi connectivity index (χ2n) is 8.09. The molecule has 166 valence electrons. The lowest BCUT2D eigenvalue weighted by atomic mass is 9.78. The molecule has 2 amide bonds. The minimum atomic E-state index is -3.82. The molecule has 2 aromatic rings.